The van der Waals surface area contributed by atoms with Gasteiger partial charge in [-0.3, -0.25) is 14.9 Å². The fourth-order valence-corrected chi connectivity index (χ4v) is 4.22. The molecule has 1 unspecified atom stereocenters. The molecule has 0 saturated carbocycles. The molecule has 0 aromatic heterocycles. The van der Waals surface area contributed by atoms with Crippen molar-refractivity contribution in [2.45, 2.75) is 25.3 Å². The lowest BCUT2D eigenvalue weighted by atomic mass is 9.97. The Morgan fingerprint density at radius 2 is 2.00 bits per heavy atom. The fourth-order valence-electron chi connectivity index (χ4n) is 4.22. The molecule has 2 N–H and O–H groups in total. The van der Waals surface area contributed by atoms with Gasteiger partial charge in [-0.25, -0.2) is 0 Å². The van der Waals surface area contributed by atoms with E-state index in [0.717, 1.165) is 38.5 Å². The molecule has 0 radical (unpaired) electrons. The van der Waals surface area contributed by atoms with Crippen LogP contribution in [0.25, 0.3) is 0 Å². The van der Waals surface area contributed by atoms with E-state index in [1.807, 2.05) is 7.05 Å². The number of imide groups is 1. The monoisotopic (exact) mass is 328 g/mol. The number of carbonyl (C=O) groups excluding carboxylic acids is 2. The van der Waals surface area contributed by atoms with Gasteiger partial charge in [-0.1, -0.05) is 6.07 Å². The van der Waals surface area contributed by atoms with Crippen molar-refractivity contribution in [3.05, 3.63) is 23.8 Å². The summed E-state index contributed by atoms with van der Waals surface area (Å²) < 4.78 is 0. The maximum atomic E-state index is 12.2. The Kier molecular flexibility index (Phi) is 3.92. The maximum Gasteiger partial charge on any atom is 0.249 e. The number of hydrogen-bond acceptors (Lipinski definition) is 5. The number of amides is 2. The summed E-state index contributed by atoms with van der Waals surface area (Å²) in [5.41, 5.74) is 3.83. The van der Waals surface area contributed by atoms with Gasteiger partial charge in [0.2, 0.25) is 11.8 Å². The zero-order chi connectivity index (χ0) is 16.7. The van der Waals surface area contributed by atoms with Crippen LogP contribution in [0.15, 0.2) is 18.2 Å². The van der Waals surface area contributed by atoms with Crippen molar-refractivity contribution >= 4 is 23.2 Å². The van der Waals surface area contributed by atoms with E-state index in [-0.39, 0.29) is 17.9 Å². The molecule has 3 heterocycles. The van der Waals surface area contributed by atoms with Gasteiger partial charge in [0.25, 0.3) is 0 Å². The van der Waals surface area contributed by atoms with Crippen LogP contribution in [0.5, 0.6) is 0 Å². The SMILES string of the molecule is CNCC1CN(c2cccc3c2CCN3C2CCC(=O)NC2=O)C1. The Labute approximate surface area is 142 Å². The molecule has 3 aliphatic heterocycles. The average molecular weight is 328 g/mol. The second kappa shape index (κ2) is 6.09. The van der Waals surface area contributed by atoms with Crippen LogP contribution in [0.1, 0.15) is 18.4 Å². The summed E-state index contributed by atoms with van der Waals surface area (Å²) in [6, 6.07) is 6.18. The maximum absolute atomic E-state index is 12.2. The first-order chi connectivity index (χ1) is 11.7. The van der Waals surface area contributed by atoms with Gasteiger partial charge in [0.05, 0.1) is 0 Å². The smallest absolute Gasteiger partial charge is 0.249 e. The minimum absolute atomic E-state index is 0.150. The fraction of sp³-hybridized carbons (Fsp3) is 0.556. The first kappa shape index (κ1) is 15.4. The van der Waals surface area contributed by atoms with E-state index in [4.69, 9.17) is 0 Å². The van der Waals surface area contributed by atoms with Gasteiger partial charge in [0.15, 0.2) is 0 Å². The van der Waals surface area contributed by atoms with Gasteiger partial charge in [0, 0.05) is 55.5 Å². The molecule has 3 aliphatic rings. The van der Waals surface area contributed by atoms with E-state index < -0.39 is 0 Å². The number of piperidine rings is 1. The third-order valence-corrected chi connectivity index (χ3v) is 5.42. The van der Waals surface area contributed by atoms with E-state index in [9.17, 15) is 9.59 Å². The third kappa shape index (κ3) is 2.55. The van der Waals surface area contributed by atoms with Crippen LogP contribution in [0.3, 0.4) is 0 Å². The Balaban J connectivity index is 1.53. The predicted octanol–water partition coefficient (Wildman–Crippen LogP) is 0.510. The van der Waals surface area contributed by atoms with Crippen molar-refractivity contribution in [1.29, 1.82) is 0 Å². The van der Waals surface area contributed by atoms with Gasteiger partial charge in [0.1, 0.15) is 6.04 Å². The Bertz CT molecular complexity index is 669. The van der Waals surface area contributed by atoms with Crippen LogP contribution in [0.4, 0.5) is 11.4 Å². The highest BCUT2D eigenvalue weighted by Gasteiger charge is 2.37. The van der Waals surface area contributed by atoms with Crippen LogP contribution >= 0.6 is 0 Å². The van der Waals surface area contributed by atoms with E-state index in [2.05, 4.69) is 38.6 Å². The molecule has 1 aromatic carbocycles. The third-order valence-electron chi connectivity index (χ3n) is 5.42. The number of hydrogen-bond donors (Lipinski definition) is 2. The van der Waals surface area contributed by atoms with Gasteiger partial charge in [-0.2, -0.15) is 0 Å². The molecule has 128 valence electrons. The summed E-state index contributed by atoms with van der Waals surface area (Å²) in [5.74, 6) is 0.418. The number of fused-ring (bicyclic) bond motifs is 1. The topological polar surface area (TPSA) is 64.7 Å². The van der Waals surface area contributed by atoms with Crippen molar-refractivity contribution in [1.82, 2.24) is 10.6 Å². The van der Waals surface area contributed by atoms with Crippen molar-refractivity contribution in [3.8, 4) is 0 Å². The molecule has 6 heteroatoms. The van der Waals surface area contributed by atoms with Crippen molar-refractivity contribution in [2.24, 2.45) is 5.92 Å². The molecular weight excluding hydrogens is 304 g/mol. The average Bonchev–Trinajstić information content (AvgIpc) is 2.95. The Morgan fingerprint density at radius 3 is 2.75 bits per heavy atom. The summed E-state index contributed by atoms with van der Waals surface area (Å²) >= 11 is 0. The molecule has 0 spiro atoms. The summed E-state index contributed by atoms with van der Waals surface area (Å²) in [4.78, 5) is 28.2. The van der Waals surface area contributed by atoms with Crippen LogP contribution in [0, 0.1) is 5.92 Å². The standard InChI is InChI=1S/C18H24N4O2/c1-19-9-12-10-21(11-12)14-3-2-4-15-13(14)7-8-22(15)16-5-6-17(23)20-18(16)24/h2-4,12,16,19H,5-11H2,1H3,(H,20,23,24). The lowest BCUT2D eigenvalue weighted by Gasteiger charge is -2.42. The molecule has 2 fully saturated rings. The number of benzene rings is 1. The zero-order valence-corrected chi connectivity index (χ0v) is 14.0. The van der Waals surface area contributed by atoms with Crippen LogP contribution in [-0.4, -0.2) is 51.1 Å². The largest absolute Gasteiger partial charge is 0.370 e. The summed E-state index contributed by atoms with van der Waals surface area (Å²) in [6.07, 6.45) is 2.01. The molecule has 1 aromatic rings. The number of carbonyl (C=O) groups is 2. The van der Waals surface area contributed by atoms with Crippen molar-refractivity contribution in [2.75, 3.05) is 43.0 Å². The van der Waals surface area contributed by atoms with E-state index in [0.29, 0.717) is 12.8 Å². The number of nitrogens with zero attached hydrogens (tertiary/aromatic N) is 2. The van der Waals surface area contributed by atoms with Gasteiger partial charge >= 0.3 is 0 Å². The Hall–Kier alpha value is -2.08. The second-order valence-electron chi connectivity index (χ2n) is 7.01. The predicted molar refractivity (Wildman–Crippen MR) is 93.3 cm³/mol. The van der Waals surface area contributed by atoms with Gasteiger partial charge < -0.3 is 15.1 Å². The normalized spacial score (nSPS) is 24.0. The molecule has 1 atom stereocenters. The highest BCUT2D eigenvalue weighted by molar-refractivity contribution is 6.02. The van der Waals surface area contributed by atoms with Gasteiger partial charge in [-0.05, 0) is 32.0 Å². The molecule has 6 nitrogen and oxygen atoms in total. The molecule has 0 bridgehead atoms. The van der Waals surface area contributed by atoms with E-state index >= 15 is 0 Å². The highest BCUT2D eigenvalue weighted by Crippen LogP contribution is 2.39. The van der Waals surface area contributed by atoms with E-state index in [1.54, 1.807) is 0 Å². The first-order valence-electron chi connectivity index (χ1n) is 8.79. The van der Waals surface area contributed by atoms with Crippen molar-refractivity contribution < 1.29 is 9.59 Å². The highest BCUT2D eigenvalue weighted by atomic mass is 16.2. The van der Waals surface area contributed by atoms with Crippen LogP contribution < -0.4 is 20.4 Å². The Morgan fingerprint density at radius 1 is 1.21 bits per heavy atom. The minimum Gasteiger partial charge on any atom is -0.370 e. The van der Waals surface area contributed by atoms with Crippen LogP contribution in [0.2, 0.25) is 0 Å². The van der Waals surface area contributed by atoms with Crippen molar-refractivity contribution in [3.63, 3.8) is 0 Å². The van der Waals surface area contributed by atoms with E-state index in [1.165, 1.54) is 16.9 Å². The molecule has 0 aliphatic carbocycles. The second-order valence-corrected chi connectivity index (χ2v) is 7.01. The van der Waals surface area contributed by atoms with Crippen LogP contribution in [-0.2, 0) is 16.0 Å². The van der Waals surface area contributed by atoms with Gasteiger partial charge in [-0.15, -0.1) is 0 Å². The molecule has 4 rings (SSSR count). The summed E-state index contributed by atoms with van der Waals surface area (Å²) in [5, 5.41) is 5.73. The summed E-state index contributed by atoms with van der Waals surface area (Å²) in [6.45, 7) is 4.10. The molecule has 2 amide bonds. The number of anilines is 2. The molecule has 24 heavy (non-hydrogen) atoms. The zero-order valence-electron chi connectivity index (χ0n) is 14.0. The minimum atomic E-state index is -0.215. The molecular formula is C18H24N4O2. The lowest BCUT2D eigenvalue weighted by molar-refractivity contribution is -0.134. The summed E-state index contributed by atoms with van der Waals surface area (Å²) in [7, 11) is 2.00. The quantitative estimate of drug-likeness (QED) is 0.789. The first-order valence-corrected chi connectivity index (χ1v) is 8.79. The lowest BCUT2D eigenvalue weighted by Crippen LogP contribution is -2.52. The number of nitrogens with one attached hydrogen (secondary N) is 2. The molecule has 2 saturated heterocycles. The number of rotatable bonds is 4.